The average molecular weight is 325 g/mol. The molecule has 0 rings (SSSR count). The molecule has 0 aromatic heterocycles. The molecular formula is C7H13F4NOSb-4. The van der Waals surface area contributed by atoms with Crippen molar-refractivity contribution in [2.45, 2.75) is 13.8 Å². The van der Waals surface area contributed by atoms with Gasteiger partial charge in [-0.05, 0) is 19.5 Å². The summed E-state index contributed by atoms with van der Waals surface area (Å²) in [5, 5.41) is 2.93. The minimum absolute atomic E-state index is 0. The summed E-state index contributed by atoms with van der Waals surface area (Å²) in [6.45, 7) is 5.12. The third-order valence-electron chi connectivity index (χ3n) is 0.902. The summed E-state index contributed by atoms with van der Waals surface area (Å²) in [6.07, 6.45) is 3.32. The fraction of sp³-hybridized carbons (Fsp3) is 0.571. The Morgan fingerprint density at radius 2 is 1.64 bits per heavy atom. The smallest absolute Gasteiger partial charge is 0.169 e. The molecular weight excluding hydrogens is 312 g/mol. The molecule has 14 heavy (non-hydrogen) atoms. The second-order valence-electron chi connectivity index (χ2n) is 1.75. The summed E-state index contributed by atoms with van der Waals surface area (Å²) < 4.78 is 0. The van der Waals surface area contributed by atoms with E-state index in [0.29, 0.717) is 6.54 Å². The van der Waals surface area contributed by atoms with Gasteiger partial charge in [-0.1, -0.05) is 13.0 Å². The van der Waals surface area contributed by atoms with E-state index >= 15 is 0 Å². The number of ketones is 1. The fourth-order valence-electron chi connectivity index (χ4n) is 0.493. The molecule has 1 N–H and O–H groups in total. The predicted octanol–water partition coefficient (Wildman–Crippen LogP) is -11.6. The molecule has 0 saturated heterocycles. The minimum atomic E-state index is 0. The first-order valence-electron chi connectivity index (χ1n) is 3.17. The van der Waals surface area contributed by atoms with Crippen LogP contribution in [0.4, 0.5) is 0 Å². The number of carbonyl (C=O) groups is 1. The first-order valence-corrected chi connectivity index (χ1v) is 3.17. The summed E-state index contributed by atoms with van der Waals surface area (Å²) in [7, 11) is 0. The van der Waals surface area contributed by atoms with Crippen LogP contribution >= 0.6 is 0 Å². The molecule has 2 nitrogen and oxygen atoms in total. The fourth-order valence-corrected chi connectivity index (χ4v) is 0.493. The van der Waals surface area contributed by atoms with Gasteiger partial charge < -0.3 is 24.1 Å². The van der Waals surface area contributed by atoms with Crippen LogP contribution in [0.2, 0.25) is 0 Å². The third kappa shape index (κ3) is 29.7. The summed E-state index contributed by atoms with van der Waals surface area (Å²) in [4.78, 5) is 10.7. The van der Waals surface area contributed by atoms with Crippen molar-refractivity contribution in [2.75, 3.05) is 13.1 Å². The van der Waals surface area contributed by atoms with Crippen molar-refractivity contribution < 1.29 is 23.6 Å². The Morgan fingerprint density at radius 1 is 1.21 bits per heavy atom. The Bertz CT molecular complexity index is 124. The van der Waals surface area contributed by atoms with Crippen LogP contribution in [0.15, 0.2) is 12.2 Å². The molecule has 0 amide bonds. The van der Waals surface area contributed by atoms with Gasteiger partial charge in [0.1, 0.15) is 0 Å². The van der Waals surface area contributed by atoms with Crippen LogP contribution in [-0.2, 0) is 4.79 Å². The van der Waals surface area contributed by atoms with E-state index in [0.717, 1.165) is 6.54 Å². The van der Waals surface area contributed by atoms with Crippen LogP contribution in [0.3, 0.4) is 0 Å². The second-order valence-corrected chi connectivity index (χ2v) is 1.75. The molecule has 0 aliphatic rings. The number of nitrogens with one attached hydrogen (secondary N) is 1. The van der Waals surface area contributed by atoms with Gasteiger partial charge in [-0.25, -0.2) is 0 Å². The van der Waals surface area contributed by atoms with Gasteiger partial charge in [0.25, 0.3) is 0 Å². The molecule has 0 aliphatic heterocycles. The molecule has 89 valence electrons. The SMILES string of the molecule is CC=CC(=O)CNCC.[F-].[F-].[F-].[F-].[Sb]. The van der Waals surface area contributed by atoms with Crippen LogP contribution in [0.1, 0.15) is 13.8 Å². The number of allylic oxidation sites excluding steroid dienone is 1. The van der Waals surface area contributed by atoms with Gasteiger partial charge in [0, 0.05) is 24.4 Å². The van der Waals surface area contributed by atoms with Crippen molar-refractivity contribution in [3.8, 4) is 0 Å². The Morgan fingerprint density at radius 3 is 1.93 bits per heavy atom. The second kappa shape index (κ2) is 29.3. The van der Waals surface area contributed by atoms with E-state index < -0.39 is 0 Å². The Kier molecular flexibility index (Phi) is 77.5. The van der Waals surface area contributed by atoms with Crippen LogP contribution in [0, 0.1) is 0 Å². The van der Waals surface area contributed by atoms with Gasteiger partial charge in [-0.3, -0.25) is 4.79 Å². The van der Waals surface area contributed by atoms with Crippen molar-refractivity contribution >= 4 is 30.2 Å². The molecule has 0 fully saturated rings. The van der Waals surface area contributed by atoms with E-state index in [1.54, 1.807) is 12.2 Å². The average Bonchev–Trinajstić information content (AvgIpc) is 1.85. The van der Waals surface area contributed by atoms with E-state index in [9.17, 15) is 4.79 Å². The van der Waals surface area contributed by atoms with E-state index in [-0.39, 0.29) is 49.0 Å². The zero-order valence-electron chi connectivity index (χ0n) is 7.94. The monoisotopic (exact) mass is 324 g/mol. The molecule has 0 bridgehead atoms. The van der Waals surface area contributed by atoms with Gasteiger partial charge in [0.2, 0.25) is 0 Å². The van der Waals surface area contributed by atoms with Crippen LogP contribution in [0.25, 0.3) is 0 Å². The van der Waals surface area contributed by atoms with Crippen molar-refractivity contribution in [1.82, 2.24) is 5.32 Å². The first-order chi connectivity index (χ1) is 4.31. The molecule has 7 heteroatoms. The van der Waals surface area contributed by atoms with Gasteiger partial charge in [-0.2, -0.15) is 0 Å². The van der Waals surface area contributed by atoms with Gasteiger partial charge in [-0.15, -0.1) is 0 Å². The summed E-state index contributed by atoms with van der Waals surface area (Å²) >= 11 is 0. The minimum Gasteiger partial charge on any atom is -1.00 e. The molecule has 0 aromatic rings. The van der Waals surface area contributed by atoms with Crippen LogP contribution in [0.5, 0.6) is 0 Å². The number of rotatable bonds is 4. The normalized spacial score (nSPS) is 6.71. The van der Waals surface area contributed by atoms with Crippen LogP contribution < -0.4 is 24.1 Å². The Hall–Kier alpha value is -0.0918. The summed E-state index contributed by atoms with van der Waals surface area (Å²) in [5.41, 5.74) is 0. The van der Waals surface area contributed by atoms with E-state index in [1.807, 2.05) is 13.8 Å². The number of hydrogen-bond acceptors (Lipinski definition) is 2. The molecule has 0 unspecified atom stereocenters. The maximum absolute atomic E-state index is 10.7. The molecule has 0 saturated carbocycles. The van der Waals surface area contributed by atoms with Crippen molar-refractivity contribution in [3.05, 3.63) is 12.2 Å². The van der Waals surface area contributed by atoms with E-state index in [2.05, 4.69) is 5.32 Å². The maximum atomic E-state index is 10.7. The molecule has 0 aromatic carbocycles. The number of halogens is 4. The van der Waals surface area contributed by atoms with E-state index in [4.69, 9.17) is 0 Å². The topological polar surface area (TPSA) is 29.1 Å². The molecule has 0 atom stereocenters. The van der Waals surface area contributed by atoms with Gasteiger partial charge in [0.05, 0.1) is 6.54 Å². The zero-order valence-corrected chi connectivity index (χ0v) is 10.5. The van der Waals surface area contributed by atoms with E-state index in [1.165, 1.54) is 0 Å². The largest absolute Gasteiger partial charge is 1.00 e. The molecule has 3 radical (unpaired) electrons. The van der Waals surface area contributed by atoms with Crippen molar-refractivity contribution in [1.29, 1.82) is 0 Å². The zero-order chi connectivity index (χ0) is 7.11. The number of hydrogen-bond donors (Lipinski definition) is 1. The Labute approximate surface area is 98.4 Å². The molecule has 0 aliphatic carbocycles. The summed E-state index contributed by atoms with van der Waals surface area (Å²) in [5.74, 6) is 0.138. The van der Waals surface area contributed by atoms with Crippen LogP contribution in [-0.4, -0.2) is 43.3 Å². The maximum Gasteiger partial charge on any atom is 0.169 e. The van der Waals surface area contributed by atoms with Crippen molar-refractivity contribution in [3.63, 3.8) is 0 Å². The third-order valence-corrected chi connectivity index (χ3v) is 0.902. The number of carbonyl (C=O) groups excluding carboxylic acids is 1. The predicted molar refractivity (Wildman–Crippen MR) is 44.1 cm³/mol. The van der Waals surface area contributed by atoms with Crippen molar-refractivity contribution in [2.24, 2.45) is 0 Å². The quantitative estimate of drug-likeness (QED) is 0.316. The van der Waals surface area contributed by atoms with Gasteiger partial charge in [0.15, 0.2) is 5.78 Å². The molecule has 0 heterocycles. The standard InChI is InChI=1S/C7H13NO.4FH.Sb/c1-3-5-7(9)6-8-4-2;;;;;/h3,5,8H,4,6H2,1-2H3;4*1H;/p-4. The first kappa shape index (κ1) is 37.1. The molecule has 0 spiro atoms. The number of likely N-dealkylation sites (N-methyl/N-ethyl adjacent to an activating group) is 1. The Balaban J connectivity index is -0.0000000320. The van der Waals surface area contributed by atoms with Gasteiger partial charge >= 0.3 is 0 Å². The summed E-state index contributed by atoms with van der Waals surface area (Å²) in [6, 6.07) is 0.